The summed E-state index contributed by atoms with van der Waals surface area (Å²) in [5, 5.41) is 0. The van der Waals surface area contributed by atoms with Gasteiger partial charge in [-0.25, -0.2) is 0 Å². The Bertz CT molecular complexity index is 619. The fourth-order valence-corrected chi connectivity index (χ4v) is 4.87. The Morgan fingerprint density at radius 2 is 1.70 bits per heavy atom. The smallest absolute Gasteiger partial charge is 0.320 e. The minimum absolute atomic E-state index is 0.112. The first-order valence-corrected chi connectivity index (χ1v) is 11.6. The van der Waals surface area contributed by atoms with Gasteiger partial charge in [0.25, 0.3) is 0 Å². The van der Waals surface area contributed by atoms with Crippen LogP contribution < -0.4 is 9.42 Å². The first-order valence-electron chi connectivity index (χ1n) is 10.2. The van der Waals surface area contributed by atoms with E-state index < -0.39 is 7.82 Å². The molecule has 0 bridgehead atoms. The van der Waals surface area contributed by atoms with E-state index in [0.29, 0.717) is 12.2 Å². The number of phosphoric acid groups is 1. The molecule has 0 N–H and O–H groups in total. The van der Waals surface area contributed by atoms with Gasteiger partial charge >= 0.3 is 7.82 Å². The third-order valence-corrected chi connectivity index (χ3v) is 5.64. The van der Waals surface area contributed by atoms with Crippen molar-refractivity contribution in [2.75, 3.05) is 0 Å². The second-order valence-electron chi connectivity index (χ2n) is 9.29. The molecule has 156 valence electrons. The van der Waals surface area contributed by atoms with E-state index in [1.165, 1.54) is 0 Å². The molecule has 2 unspecified atom stereocenters. The average molecular weight is 398 g/mol. The Hall–Kier alpha value is -0.830. The van der Waals surface area contributed by atoms with Crippen molar-refractivity contribution >= 4 is 7.82 Å². The minimum atomic E-state index is -4.43. The highest BCUT2D eigenvalue weighted by Crippen LogP contribution is 2.47. The van der Waals surface area contributed by atoms with Crippen LogP contribution in [0.3, 0.4) is 0 Å². The number of para-hydroxylation sites is 1. The molecule has 4 nitrogen and oxygen atoms in total. The molecular formula is C22H38O4P-. The molecule has 5 heteroatoms. The first kappa shape index (κ1) is 24.2. The van der Waals surface area contributed by atoms with Crippen LogP contribution in [0.1, 0.15) is 92.6 Å². The summed E-state index contributed by atoms with van der Waals surface area (Å²) in [6.45, 7) is 14.9. The molecule has 2 atom stereocenters. The van der Waals surface area contributed by atoms with Gasteiger partial charge in [0.2, 0.25) is 0 Å². The maximum absolute atomic E-state index is 12.5. The molecule has 0 aliphatic rings. The van der Waals surface area contributed by atoms with Crippen LogP contribution in [-0.4, -0.2) is 6.10 Å². The van der Waals surface area contributed by atoms with E-state index in [2.05, 4.69) is 41.5 Å². The van der Waals surface area contributed by atoms with E-state index in [1.807, 2.05) is 19.1 Å². The lowest BCUT2D eigenvalue weighted by molar-refractivity contribution is -0.221. The molecule has 0 amide bonds. The highest BCUT2D eigenvalue weighted by atomic mass is 31.2. The van der Waals surface area contributed by atoms with Gasteiger partial charge in [-0.3, -0.25) is 4.57 Å². The highest BCUT2D eigenvalue weighted by Gasteiger charge is 2.31. The Kier molecular flexibility index (Phi) is 9.05. The molecule has 0 spiro atoms. The van der Waals surface area contributed by atoms with Gasteiger partial charge in [-0.1, -0.05) is 85.9 Å². The van der Waals surface area contributed by atoms with Crippen LogP contribution in [0.4, 0.5) is 0 Å². The van der Waals surface area contributed by atoms with Gasteiger partial charge in [-0.2, -0.15) is 0 Å². The lowest BCUT2D eigenvalue weighted by Gasteiger charge is -2.35. The quantitative estimate of drug-likeness (QED) is 0.311. The van der Waals surface area contributed by atoms with E-state index in [-0.39, 0.29) is 16.9 Å². The first-order chi connectivity index (χ1) is 12.4. The van der Waals surface area contributed by atoms with Crippen LogP contribution in [0.15, 0.2) is 24.3 Å². The molecule has 27 heavy (non-hydrogen) atoms. The molecule has 0 fully saturated rings. The fourth-order valence-electron chi connectivity index (χ4n) is 3.80. The minimum Gasteiger partial charge on any atom is -0.746 e. The third-order valence-electron chi connectivity index (χ3n) is 4.66. The van der Waals surface area contributed by atoms with Crippen LogP contribution in [0.25, 0.3) is 0 Å². The van der Waals surface area contributed by atoms with Crippen molar-refractivity contribution in [3.63, 3.8) is 0 Å². The summed E-state index contributed by atoms with van der Waals surface area (Å²) in [6, 6.07) is 7.37. The maximum Gasteiger partial charge on any atom is 0.320 e. The van der Waals surface area contributed by atoms with Crippen LogP contribution >= 0.6 is 7.82 Å². The molecule has 0 heterocycles. The zero-order valence-electron chi connectivity index (χ0n) is 18.2. The molecule has 0 aromatic heterocycles. The van der Waals surface area contributed by atoms with Crippen molar-refractivity contribution in [2.45, 2.75) is 98.5 Å². The standard InChI is InChI=1S/C22H39O4P/c1-8-10-11-14-18(9-2)25-27(23,24)26-20-16-13-12-15-19(20)22(6,7)17-21(3,4)5/h12-13,15-16,18H,8-11,14,17H2,1-7H3,(H,23,24)/p-1. The van der Waals surface area contributed by atoms with Crippen LogP contribution in [0.2, 0.25) is 0 Å². The summed E-state index contributed by atoms with van der Waals surface area (Å²) in [6.07, 6.45) is 5.09. The molecule has 1 aromatic rings. The van der Waals surface area contributed by atoms with Gasteiger partial charge in [0.1, 0.15) is 5.75 Å². The van der Waals surface area contributed by atoms with E-state index in [9.17, 15) is 9.46 Å². The largest absolute Gasteiger partial charge is 0.746 e. The van der Waals surface area contributed by atoms with Gasteiger partial charge in [-0.05, 0) is 36.2 Å². The molecule has 0 radical (unpaired) electrons. The van der Waals surface area contributed by atoms with Gasteiger partial charge < -0.3 is 13.9 Å². The van der Waals surface area contributed by atoms with Crippen LogP contribution in [0.5, 0.6) is 5.75 Å². The lowest BCUT2D eigenvalue weighted by atomic mass is 9.72. The maximum atomic E-state index is 12.5. The fraction of sp³-hybridized carbons (Fsp3) is 0.727. The molecule has 0 saturated heterocycles. The summed E-state index contributed by atoms with van der Waals surface area (Å²) >= 11 is 0. The zero-order chi connectivity index (χ0) is 20.7. The Labute approximate surface area is 166 Å². The number of benzene rings is 1. The summed E-state index contributed by atoms with van der Waals surface area (Å²) in [4.78, 5) is 12.5. The monoisotopic (exact) mass is 397 g/mol. The molecule has 0 aliphatic heterocycles. The second kappa shape index (κ2) is 10.1. The Morgan fingerprint density at radius 1 is 1.07 bits per heavy atom. The number of hydrogen-bond acceptors (Lipinski definition) is 4. The van der Waals surface area contributed by atoms with Crippen molar-refractivity contribution in [1.29, 1.82) is 0 Å². The van der Waals surface area contributed by atoms with E-state index in [0.717, 1.165) is 37.7 Å². The summed E-state index contributed by atoms with van der Waals surface area (Å²) in [5.74, 6) is 0.369. The van der Waals surface area contributed by atoms with Gasteiger partial charge in [-0.15, -0.1) is 0 Å². The lowest BCUT2D eigenvalue weighted by Crippen LogP contribution is -2.26. The number of hydrogen-bond donors (Lipinski definition) is 0. The second-order valence-corrected chi connectivity index (χ2v) is 10.6. The molecule has 1 aromatic carbocycles. The Morgan fingerprint density at radius 3 is 2.26 bits per heavy atom. The highest BCUT2D eigenvalue weighted by molar-refractivity contribution is 7.46. The van der Waals surface area contributed by atoms with E-state index in [4.69, 9.17) is 9.05 Å². The number of phosphoric ester groups is 1. The molecule has 0 aliphatic carbocycles. The molecule has 1 rings (SSSR count). The summed E-state index contributed by atoms with van der Waals surface area (Å²) in [5.41, 5.74) is 0.777. The van der Waals surface area contributed by atoms with Gasteiger partial charge in [0, 0.05) is 5.56 Å². The third kappa shape index (κ3) is 8.81. The van der Waals surface area contributed by atoms with Crippen molar-refractivity contribution in [3.8, 4) is 5.75 Å². The molecule has 0 saturated carbocycles. The van der Waals surface area contributed by atoms with Crippen LogP contribution in [-0.2, 0) is 14.5 Å². The zero-order valence-corrected chi connectivity index (χ0v) is 19.1. The topological polar surface area (TPSA) is 58.6 Å². The normalized spacial score (nSPS) is 16.0. The van der Waals surface area contributed by atoms with Crippen molar-refractivity contribution in [3.05, 3.63) is 29.8 Å². The predicted molar refractivity (Wildman–Crippen MR) is 111 cm³/mol. The predicted octanol–water partition coefficient (Wildman–Crippen LogP) is 6.62. The van der Waals surface area contributed by atoms with Gasteiger partial charge in [0.05, 0.1) is 6.10 Å². The molecular weight excluding hydrogens is 359 g/mol. The summed E-state index contributed by atoms with van der Waals surface area (Å²) < 4.78 is 23.4. The van der Waals surface area contributed by atoms with Crippen molar-refractivity contribution < 1.29 is 18.5 Å². The van der Waals surface area contributed by atoms with Crippen molar-refractivity contribution in [1.82, 2.24) is 0 Å². The Balaban J connectivity index is 2.96. The average Bonchev–Trinajstić information content (AvgIpc) is 2.51. The number of rotatable bonds is 11. The summed E-state index contributed by atoms with van der Waals surface area (Å²) in [7, 11) is -4.43. The van der Waals surface area contributed by atoms with Crippen LogP contribution in [0, 0.1) is 5.41 Å². The number of unbranched alkanes of at least 4 members (excludes halogenated alkanes) is 2. The van der Waals surface area contributed by atoms with Gasteiger partial charge in [0.15, 0.2) is 0 Å². The van der Waals surface area contributed by atoms with E-state index >= 15 is 0 Å². The SMILES string of the molecule is CCCCCC(CC)OP(=O)([O-])Oc1ccccc1C(C)(C)CC(C)(C)C. The van der Waals surface area contributed by atoms with Crippen molar-refractivity contribution in [2.24, 2.45) is 5.41 Å². The van der Waals surface area contributed by atoms with E-state index in [1.54, 1.807) is 12.1 Å².